The van der Waals surface area contributed by atoms with Crippen LogP contribution in [0.25, 0.3) is 11.0 Å². The number of aromatic nitrogens is 3. The monoisotopic (exact) mass is 348 g/mol. The average Bonchev–Trinajstić information content (AvgIpc) is 3.02. The third-order valence-electron chi connectivity index (χ3n) is 4.10. The molecule has 0 bridgehead atoms. The molecule has 132 valence electrons. The molecule has 3 rings (SSSR count). The molecule has 0 aliphatic carbocycles. The van der Waals surface area contributed by atoms with Crippen molar-refractivity contribution in [3.8, 4) is 0 Å². The maximum atomic E-state index is 12.7. The van der Waals surface area contributed by atoms with Crippen LogP contribution in [0.3, 0.4) is 0 Å². The molecular weight excluding hydrogens is 329 g/mol. The fourth-order valence-electron chi connectivity index (χ4n) is 2.79. The van der Waals surface area contributed by atoms with Crippen molar-refractivity contribution in [1.29, 1.82) is 0 Å². The summed E-state index contributed by atoms with van der Waals surface area (Å²) in [5.41, 5.74) is 2.65. The number of nitrogens with one attached hydrogen (secondary N) is 2. The Morgan fingerprint density at radius 2 is 2.04 bits per heavy atom. The first-order valence-corrected chi connectivity index (χ1v) is 8.13. The van der Waals surface area contributed by atoms with E-state index < -0.39 is 11.7 Å². The zero-order valence-electron chi connectivity index (χ0n) is 13.8. The number of halogens is 3. The number of benzene rings is 1. The summed E-state index contributed by atoms with van der Waals surface area (Å²) in [6.07, 6.45) is -1.25. The molecule has 0 aliphatic rings. The zero-order chi connectivity index (χ0) is 17.9. The quantitative estimate of drug-likeness (QED) is 0.655. The van der Waals surface area contributed by atoms with E-state index in [1.165, 1.54) is 12.1 Å². The van der Waals surface area contributed by atoms with Crippen LogP contribution in [-0.2, 0) is 12.6 Å². The van der Waals surface area contributed by atoms with Gasteiger partial charge in [-0.1, -0.05) is 18.2 Å². The van der Waals surface area contributed by atoms with Gasteiger partial charge in [0.2, 0.25) is 0 Å². The van der Waals surface area contributed by atoms with Crippen LogP contribution < -0.4 is 5.32 Å². The summed E-state index contributed by atoms with van der Waals surface area (Å²) >= 11 is 0. The molecule has 0 spiro atoms. The summed E-state index contributed by atoms with van der Waals surface area (Å²) in [4.78, 5) is 4.33. The Morgan fingerprint density at radius 1 is 1.20 bits per heavy atom. The number of aryl methyl sites for hydroxylation is 1. The predicted molar refractivity (Wildman–Crippen MR) is 90.1 cm³/mol. The Hall–Kier alpha value is -2.41. The van der Waals surface area contributed by atoms with E-state index >= 15 is 0 Å². The van der Waals surface area contributed by atoms with Gasteiger partial charge in [0.25, 0.3) is 0 Å². The summed E-state index contributed by atoms with van der Waals surface area (Å²) in [5, 5.41) is 10.6. The summed E-state index contributed by atoms with van der Waals surface area (Å²) < 4.78 is 38.2. The summed E-state index contributed by atoms with van der Waals surface area (Å²) in [7, 11) is 0. The third-order valence-corrected chi connectivity index (χ3v) is 4.10. The first-order chi connectivity index (χ1) is 11.9. The van der Waals surface area contributed by atoms with Crippen molar-refractivity contribution in [2.45, 2.75) is 32.0 Å². The molecular formula is C18H19F3N4. The number of aromatic amines is 1. The molecule has 0 fully saturated rings. The average molecular weight is 348 g/mol. The molecule has 2 aromatic heterocycles. The molecule has 3 aromatic rings. The minimum absolute atomic E-state index is 0.00478. The van der Waals surface area contributed by atoms with Gasteiger partial charge in [0.15, 0.2) is 0 Å². The van der Waals surface area contributed by atoms with Gasteiger partial charge in [0.1, 0.15) is 11.2 Å². The molecule has 7 heteroatoms. The number of fused-ring (bicyclic) bond motifs is 1. The third kappa shape index (κ3) is 4.17. The number of alkyl halides is 3. The maximum absolute atomic E-state index is 12.7. The van der Waals surface area contributed by atoms with Gasteiger partial charge in [-0.2, -0.15) is 18.3 Å². The van der Waals surface area contributed by atoms with Crippen molar-refractivity contribution in [2.75, 3.05) is 6.54 Å². The van der Waals surface area contributed by atoms with Gasteiger partial charge in [-0.15, -0.1) is 0 Å². The Balaban J connectivity index is 1.53. The lowest BCUT2D eigenvalue weighted by atomic mass is 10.1. The molecule has 1 aromatic carbocycles. The topological polar surface area (TPSA) is 53.6 Å². The molecule has 0 saturated carbocycles. The minimum atomic E-state index is -4.29. The van der Waals surface area contributed by atoms with Gasteiger partial charge in [-0.05, 0) is 50.1 Å². The van der Waals surface area contributed by atoms with Crippen LogP contribution in [0.2, 0.25) is 0 Å². The van der Waals surface area contributed by atoms with Gasteiger partial charge >= 0.3 is 6.18 Å². The van der Waals surface area contributed by atoms with Crippen LogP contribution in [-0.4, -0.2) is 21.7 Å². The van der Waals surface area contributed by atoms with E-state index in [9.17, 15) is 13.2 Å². The number of hydrogen-bond donors (Lipinski definition) is 2. The van der Waals surface area contributed by atoms with Gasteiger partial charge in [0, 0.05) is 6.20 Å². The van der Waals surface area contributed by atoms with Gasteiger partial charge < -0.3 is 5.32 Å². The number of hydrogen-bond acceptors (Lipinski definition) is 3. The SMILES string of the molecule is CC(NCCCc1cccc(C(F)(F)F)c1)c1n[nH]c2cccnc12. The maximum Gasteiger partial charge on any atom is 0.416 e. The van der Waals surface area contributed by atoms with E-state index in [2.05, 4.69) is 20.5 Å². The van der Waals surface area contributed by atoms with Crippen LogP contribution in [0, 0.1) is 0 Å². The number of rotatable bonds is 6. The van der Waals surface area contributed by atoms with Crippen molar-refractivity contribution in [3.05, 3.63) is 59.4 Å². The van der Waals surface area contributed by atoms with Gasteiger partial charge in [0.05, 0.1) is 17.1 Å². The van der Waals surface area contributed by atoms with Gasteiger partial charge in [-0.25, -0.2) is 0 Å². The van der Waals surface area contributed by atoms with Crippen molar-refractivity contribution < 1.29 is 13.2 Å². The van der Waals surface area contributed by atoms with E-state index in [-0.39, 0.29) is 6.04 Å². The number of H-pyrrole nitrogens is 1. The first kappa shape index (κ1) is 17.4. The minimum Gasteiger partial charge on any atom is -0.309 e. The predicted octanol–water partition coefficient (Wildman–Crippen LogP) is 4.26. The molecule has 0 saturated heterocycles. The number of nitrogens with zero attached hydrogens (tertiary/aromatic N) is 2. The lowest BCUT2D eigenvalue weighted by molar-refractivity contribution is -0.137. The van der Waals surface area contributed by atoms with E-state index in [0.717, 1.165) is 29.2 Å². The molecule has 2 N–H and O–H groups in total. The van der Waals surface area contributed by atoms with E-state index in [0.29, 0.717) is 18.5 Å². The highest BCUT2D eigenvalue weighted by Crippen LogP contribution is 2.29. The van der Waals surface area contributed by atoms with Crippen molar-refractivity contribution in [1.82, 2.24) is 20.5 Å². The Labute approximate surface area is 143 Å². The smallest absolute Gasteiger partial charge is 0.309 e. The number of pyridine rings is 1. The molecule has 0 radical (unpaired) electrons. The van der Waals surface area contributed by atoms with Crippen LogP contribution in [0.5, 0.6) is 0 Å². The highest BCUT2D eigenvalue weighted by atomic mass is 19.4. The molecule has 2 heterocycles. The Morgan fingerprint density at radius 3 is 2.84 bits per heavy atom. The van der Waals surface area contributed by atoms with E-state index in [1.807, 2.05) is 19.1 Å². The Kier molecular flexibility index (Phi) is 5.03. The lowest BCUT2D eigenvalue weighted by Gasteiger charge is -2.12. The highest BCUT2D eigenvalue weighted by molar-refractivity contribution is 5.76. The molecule has 4 nitrogen and oxygen atoms in total. The largest absolute Gasteiger partial charge is 0.416 e. The highest BCUT2D eigenvalue weighted by Gasteiger charge is 2.30. The Bertz CT molecular complexity index is 841. The second-order valence-corrected chi connectivity index (χ2v) is 5.99. The van der Waals surface area contributed by atoms with E-state index in [1.54, 1.807) is 12.3 Å². The van der Waals surface area contributed by atoms with E-state index in [4.69, 9.17) is 0 Å². The lowest BCUT2D eigenvalue weighted by Crippen LogP contribution is -2.21. The van der Waals surface area contributed by atoms with Crippen molar-refractivity contribution >= 4 is 11.0 Å². The van der Waals surface area contributed by atoms with Crippen LogP contribution >= 0.6 is 0 Å². The summed E-state index contributed by atoms with van der Waals surface area (Å²) in [6, 6.07) is 9.26. The van der Waals surface area contributed by atoms with Crippen LogP contribution in [0.1, 0.15) is 36.2 Å². The van der Waals surface area contributed by atoms with Crippen LogP contribution in [0.4, 0.5) is 13.2 Å². The molecule has 0 aliphatic heterocycles. The molecule has 0 amide bonds. The van der Waals surface area contributed by atoms with Gasteiger partial charge in [-0.3, -0.25) is 10.1 Å². The fourth-order valence-corrected chi connectivity index (χ4v) is 2.79. The van der Waals surface area contributed by atoms with Crippen LogP contribution in [0.15, 0.2) is 42.6 Å². The molecule has 25 heavy (non-hydrogen) atoms. The summed E-state index contributed by atoms with van der Waals surface area (Å²) in [5.74, 6) is 0. The fraction of sp³-hybridized carbons (Fsp3) is 0.333. The molecule has 1 atom stereocenters. The summed E-state index contributed by atoms with van der Waals surface area (Å²) in [6.45, 7) is 2.67. The second-order valence-electron chi connectivity index (χ2n) is 5.99. The zero-order valence-corrected chi connectivity index (χ0v) is 13.8. The second kappa shape index (κ2) is 7.23. The molecule has 1 unspecified atom stereocenters. The first-order valence-electron chi connectivity index (χ1n) is 8.13. The van der Waals surface area contributed by atoms with Crippen molar-refractivity contribution in [3.63, 3.8) is 0 Å². The standard InChI is InChI=1S/C18H19F3N4/c1-12(16-17-15(24-25-16)8-4-10-23-17)22-9-3-6-13-5-2-7-14(11-13)18(19,20)21/h2,4-5,7-8,10-12,22H,3,6,9H2,1H3,(H,24,25). The van der Waals surface area contributed by atoms with Crippen molar-refractivity contribution in [2.24, 2.45) is 0 Å². The normalized spacial score (nSPS) is 13.3.